The van der Waals surface area contributed by atoms with Crippen LogP contribution in [0.4, 0.5) is 11.6 Å². The van der Waals surface area contributed by atoms with Crippen LogP contribution in [0.5, 0.6) is 0 Å². The van der Waals surface area contributed by atoms with Crippen LogP contribution in [0.3, 0.4) is 0 Å². The molecule has 112 valence electrons. The SMILES string of the molecule is Cn1cnc(S(=O)(=O)Nc2cnc(N3CCCC3)nc2)c1. The van der Waals surface area contributed by atoms with Crippen LogP contribution in [0.2, 0.25) is 0 Å². The summed E-state index contributed by atoms with van der Waals surface area (Å²) in [6, 6.07) is 0. The summed E-state index contributed by atoms with van der Waals surface area (Å²) < 4.78 is 28.2. The van der Waals surface area contributed by atoms with Gasteiger partial charge in [-0.1, -0.05) is 0 Å². The topological polar surface area (TPSA) is 93.0 Å². The van der Waals surface area contributed by atoms with Crippen LogP contribution in [-0.4, -0.2) is 41.0 Å². The maximum atomic E-state index is 12.1. The first kappa shape index (κ1) is 13.8. The van der Waals surface area contributed by atoms with Crippen LogP contribution in [0.25, 0.3) is 0 Å². The second-order valence-electron chi connectivity index (χ2n) is 4.95. The Hall–Kier alpha value is -2.16. The zero-order valence-electron chi connectivity index (χ0n) is 11.6. The predicted molar refractivity (Wildman–Crippen MR) is 77.5 cm³/mol. The minimum Gasteiger partial charge on any atom is -0.341 e. The quantitative estimate of drug-likeness (QED) is 0.889. The largest absolute Gasteiger partial charge is 0.341 e. The Bertz CT molecular complexity index is 718. The first-order valence-corrected chi connectivity index (χ1v) is 8.11. The van der Waals surface area contributed by atoms with Gasteiger partial charge in [-0.15, -0.1) is 0 Å². The summed E-state index contributed by atoms with van der Waals surface area (Å²) in [6.07, 6.45) is 8.08. The molecule has 3 heterocycles. The lowest BCUT2D eigenvalue weighted by Gasteiger charge is -2.14. The van der Waals surface area contributed by atoms with Gasteiger partial charge in [0.25, 0.3) is 10.0 Å². The van der Waals surface area contributed by atoms with E-state index in [1.54, 1.807) is 11.6 Å². The molecule has 0 amide bonds. The number of anilines is 2. The highest BCUT2D eigenvalue weighted by atomic mass is 32.2. The standard InChI is InChI=1S/C12H16N6O2S/c1-17-8-11(15-9-17)21(19,20)16-10-6-13-12(14-7-10)18-4-2-3-5-18/h6-9,16H,2-5H2,1H3. The summed E-state index contributed by atoms with van der Waals surface area (Å²) in [5.74, 6) is 0.633. The summed E-state index contributed by atoms with van der Waals surface area (Å²) >= 11 is 0. The average molecular weight is 308 g/mol. The van der Waals surface area contributed by atoms with Crippen LogP contribution in [0.1, 0.15) is 12.8 Å². The molecule has 1 aliphatic heterocycles. The van der Waals surface area contributed by atoms with E-state index in [1.807, 2.05) is 0 Å². The molecule has 21 heavy (non-hydrogen) atoms. The molecular formula is C12H16N6O2S. The molecule has 0 aliphatic carbocycles. The van der Waals surface area contributed by atoms with Gasteiger partial charge < -0.3 is 9.47 Å². The zero-order chi connectivity index (χ0) is 14.9. The molecule has 1 fully saturated rings. The minimum absolute atomic E-state index is 0.0337. The van der Waals surface area contributed by atoms with Crippen molar-refractivity contribution in [2.75, 3.05) is 22.7 Å². The molecule has 0 atom stereocenters. The molecule has 8 nitrogen and oxygen atoms in total. The number of nitrogens with one attached hydrogen (secondary N) is 1. The number of aryl methyl sites for hydroxylation is 1. The fourth-order valence-corrected chi connectivity index (χ4v) is 3.20. The van der Waals surface area contributed by atoms with Crippen LogP contribution < -0.4 is 9.62 Å². The van der Waals surface area contributed by atoms with E-state index in [0.717, 1.165) is 25.9 Å². The Kier molecular flexibility index (Phi) is 3.50. The number of hydrogen-bond acceptors (Lipinski definition) is 6. The summed E-state index contributed by atoms with van der Waals surface area (Å²) in [4.78, 5) is 14.3. The molecule has 1 N–H and O–H groups in total. The van der Waals surface area contributed by atoms with Crippen molar-refractivity contribution in [1.82, 2.24) is 19.5 Å². The Balaban J connectivity index is 1.75. The summed E-state index contributed by atoms with van der Waals surface area (Å²) in [6.45, 7) is 1.89. The molecule has 1 saturated heterocycles. The van der Waals surface area contributed by atoms with Gasteiger partial charge in [-0.05, 0) is 12.8 Å². The van der Waals surface area contributed by atoms with E-state index in [0.29, 0.717) is 11.6 Å². The molecule has 0 spiro atoms. The molecule has 9 heteroatoms. The van der Waals surface area contributed by atoms with Crippen LogP contribution >= 0.6 is 0 Å². The molecule has 0 radical (unpaired) electrons. The lowest BCUT2D eigenvalue weighted by atomic mass is 10.4. The zero-order valence-corrected chi connectivity index (χ0v) is 12.4. The molecule has 0 saturated carbocycles. The highest BCUT2D eigenvalue weighted by molar-refractivity contribution is 7.92. The van der Waals surface area contributed by atoms with Gasteiger partial charge in [-0.2, -0.15) is 8.42 Å². The fraction of sp³-hybridized carbons (Fsp3) is 0.417. The van der Waals surface area contributed by atoms with Gasteiger partial charge in [0.15, 0.2) is 5.03 Å². The predicted octanol–water partition coefficient (Wildman–Crippen LogP) is 0.611. The molecule has 2 aromatic heterocycles. The lowest BCUT2D eigenvalue weighted by Crippen LogP contribution is -2.20. The third-order valence-corrected chi connectivity index (χ3v) is 4.50. The molecule has 3 rings (SSSR count). The number of sulfonamides is 1. The minimum atomic E-state index is -3.70. The van der Waals surface area contributed by atoms with E-state index in [9.17, 15) is 8.42 Å². The van der Waals surface area contributed by atoms with Crippen LogP contribution in [0, 0.1) is 0 Å². The number of hydrogen-bond donors (Lipinski definition) is 1. The molecule has 0 aromatic carbocycles. The summed E-state index contributed by atoms with van der Waals surface area (Å²) in [7, 11) is -1.99. The van der Waals surface area contributed by atoms with E-state index in [2.05, 4.69) is 24.6 Å². The van der Waals surface area contributed by atoms with E-state index in [4.69, 9.17) is 0 Å². The number of imidazole rings is 1. The van der Waals surface area contributed by atoms with Crippen molar-refractivity contribution in [3.05, 3.63) is 24.9 Å². The summed E-state index contributed by atoms with van der Waals surface area (Å²) in [5.41, 5.74) is 0.323. The summed E-state index contributed by atoms with van der Waals surface area (Å²) in [5, 5.41) is -0.0337. The second kappa shape index (κ2) is 5.32. The normalized spacial score (nSPS) is 15.4. The van der Waals surface area contributed by atoms with Crippen molar-refractivity contribution < 1.29 is 8.42 Å². The number of aromatic nitrogens is 4. The van der Waals surface area contributed by atoms with Gasteiger partial charge in [0.1, 0.15) is 0 Å². The third-order valence-electron chi connectivity index (χ3n) is 3.24. The van der Waals surface area contributed by atoms with Gasteiger partial charge in [0.2, 0.25) is 5.95 Å². The molecule has 2 aromatic rings. The Morgan fingerprint density at radius 3 is 2.38 bits per heavy atom. The van der Waals surface area contributed by atoms with Crippen LogP contribution in [0.15, 0.2) is 29.9 Å². The fourth-order valence-electron chi connectivity index (χ4n) is 2.19. The smallest absolute Gasteiger partial charge is 0.281 e. The monoisotopic (exact) mass is 308 g/mol. The van der Waals surface area contributed by atoms with Crippen LogP contribution in [-0.2, 0) is 17.1 Å². The van der Waals surface area contributed by atoms with Gasteiger partial charge >= 0.3 is 0 Å². The van der Waals surface area contributed by atoms with E-state index in [1.165, 1.54) is 24.9 Å². The highest BCUT2D eigenvalue weighted by Crippen LogP contribution is 2.17. The van der Waals surface area contributed by atoms with Crippen molar-refractivity contribution in [2.24, 2.45) is 7.05 Å². The maximum absolute atomic E-state index is 12.1. The lowest BCUT2D eigenvalue weighted by molar-refractivity contribution is 0.598. The number of rotatable bonds is 4. The highest BCUT2D eigenvalue weighted by Gasteiger charge is 2.18. The Morgan fingerprint density at radius 1 is 1.14 bits per heavy atom. The van der Waals surface area contributed by atoms with Crippen molar-refractivity contribution >= 4 is 21.7 Å². The van der Waals surface area contributed by atoms with E-state index < -0.39 is 10.0 Å². The second-order valence-corrected chi connectivity index (χ2v) is 6.58. The molecular weight excluding hydrogens is 292 g/mol. The van der Waals surface area contributed by atoms with Crippen molar-refractivity contribution in [1.29, 1.82) is 0 Å². The maximum Gasteiger partial charge on any atom is 0.281 e. The van der Waals surface area contributed by atoms with Crippen molar-refractivity contribution in [2.45, 2.75) is 17.9 Å². The third kappa shape index (κ3) is 2.97. The average Bonchev–Trinajstić information content (AvgIpc) is 3.10. The first-order chi connectivity index (χ1) is 10.0. The van der Waals surface area contributed by atoms with Crippen molar-refractivity contribution in [3.63, 3.8) is 0 Å². The Labute approximate surface area is 122 Å². The van der Waals surface area contributed by atoms with E-state index >= 15 is 0 Å². The number of nitrogens with zero attached hydrogens (tertiary/aromatic N) is 5. The van der Waals surface area contributed by atoms with Crippen molar-refractivity contribution in [3.8, 4) is 0 Å². The van der Waals surface area contributed by atoms with E-state index in [-0.39, 0.29) is 5.03 Å². The first-order valence-electron chi connectivity index (χ1n) is 6.62. The van der Waals surface area contributed by atoms with Gasteiger partial charge in [0.05, 0.1) is 24.4 Å². The molecule has 0 unspecified atom stereocenters. The van der Waals surface area contributed by atoms with Gasteiger partial charge in [0, 0.05) is 26.3 Å². The molecule has 1 aliphatic rings. The molecule has 0 bridgehead atoms. The van der Waals surface area contributed by atoms with Gasteiger partial charge in [-0.3, -0.25) is 4.72 Å². The van der Waals surface area contributed by atoms with Gasteiger partial charge in [-0.25, -0.2) is 15.0 Å². The Morgan fingerprint density at radius 2 is 1.81 bits per heavy atom.